The van der Waals surface area contributed by atoms with Crippen LogP contribution >= 0.6 is 0 Å². The molecule has 0 amide bonds. The van der Waals surface area contributed by atoms with Crippen molar-refractivity contribution in [3.63, 3.8) is 0 Å². The van der Waals surface area contributed by atoms with E-state index in [-0.39, 0.29) is 0 Å². The number of rotatable bonds is 6. The summed E-state index contributed by atoms with van der Waals surface area (Å²) in [5.41, 5.74) is 3.47. The minimum absolute atomic E-state index is 0.722. The Morgan fingerprint density at radius 1 is 0.800 bits per heavy atom. The molecule has 0 fully saturated rings. The molecule has 25 heavy (non-hydrogen) atoms. The molecule has 3 rings (SSSR count). The maximum absolute atomic E-state index is 4.84. The first-order valence-corrected chi connectivity index (χ1v) is 8.72. The third-order valence-corrected chi connectivity index (χ3v) is 4.16. The van der Waals surface area contributed by atoms with E-state index in [9.17, 15) is 0 Å². The lowest BCUT2D eigenvalue weighted by molar-refractivity contribution is 0.920. The Morgan fingerprint density at radius 2 is 1.52 bits per heavy atom. The van der Waals surface area contributed by atoms with Gasteiger partial charge < -0.3 is 9.80 Å². The summed E-state index contributed by atoms with van der Waals surface area (Å²) >= 11 is 0. The van der Waals surface area contributed by atoms with E-state index < -0.39 is 0 Å². The minimum atomic E-state index is 0.722. The number of nitrogens with zero attached hydrogens (tertiary/aromatic N) is 4. The van der Waals surface area contributed by atoms with Crippen LogP contribution in [-0.4, -0.2) is 23.1 Å². The van der Waals surface area contributed by atoms with E-state index in [2.05, 4.69) is 72.0 Å². The molecule has 0 bridgehead atoms. The van der Waals surface area contributed by atoms with Crippen molar-refractivity contribution in [2.45, 2.75) is 20.8 Å². The van der Waals surface area contributed by atoms with Gasteiger partial charge >= 0.3 is 0 Å². The van der Waals surface area contributed by atoms with E-state index in [1.165, 1.54) is 5.56 Å². The molecule has 0 atom stereocenters. The van der Waals surface area contributed by atoms with Crippen LogP contribution in [0.5, 0.6) is 0 Å². The molecule has 0 aliphatic heterocycles. The standard InChI is InChI=1S/C21H24N4/c1-4-24(18-11-7-6-8-12-18)20-14-15-22-21(23-20)25(5-2)19-13-9-10-17(3)16-19/h6-16H,4-5H2,1-3H3. The molecule has 0 saturated carbocycles. The summed E-state index contributed by atoms with van der Waals surface area (Å²) < 4.78 is 0. The Morgan fingerprint density at radius 3 is 2.20 bits per heavy atom. The summed E-state index contributed by atoms with van der Waals surface area (Å²) in [7, 11) is 0. The lowest BCUT2D eigenvalue weighted by Gasteiger charge is -2.25. The van der Waals surface area contributed by atoms with Crippen molar-refractivity contribution < 1.29 is 0 Å². The van der Waals surface area contributed by atoms with Gasteiger partial charge in [-0.3, -0.25) is 0 Å². The van der Waals surface area contributed by atoms with E-state index in [1.54, 1.807) is 0 Å². The predicted octanol–water partition coefficient (Wildman–Crippen LogP) is 5.10. The molecule has 1 heterocycles. The Balaban J connectivity index is 1.97. The molecule has 3 aromatic rings. The Labute approximate surface area is 149 Å². The van der Waals surface area contributed by atoms with Crippen molar-refractivity contribution in [3.8, 4) is 0 Å². The van der Waals surface area contributed by atoms with Gasteiger partial charge in [-0.15, -0.1) is 0 Å². The smallest absolute Gasteiger partial charge is 0.231 e. The Bertz CT molecular complexity index is 817. The zero-order chi connectivity index (χ0) is 17.6. The van der Waals surface area contributed by atoms with Gasteiger partial charge in [0.25, 0.3) is 0 Å². The second kappa shape index (κ2) is 7.79. The van der Waals surface area contributed by atoms with Crippen LogP contribution in [0.3, 0.4) is 0 Å². The first-order chi connectivity index (χ1) is 12.2. The Kier molecular flexibility index (Phi) is 5.29. The zero-order valence-corrected chi connectivity index (χ0v) is 15.1. The molecule has 0 N–H and O–H groups in total. The monoisotopic (exact) mass is 332 g/mol. The predicted molar refractivity (Wildman–Crippen MR) is 105 cm³/mol. The van der Waals surface area contributed by atoms with Crippen LogP contribution in [0.25, 0.3) is 0 Å². The van der Waals surface area contributed by atoms with Crippen molar-refractivity contribution >= 4 is 23.1 Å². The summed E-state index contributed by atoms with van der Waals surface area (Å²) in [6.07, 6.45) is 1.84. The number of para-hydroxylation sites is 1. The molecule has 0 aliphatic rings. The molecule has 0 aliphatic carbocycles. The van der Waals surface area contributed by atoms with Crippen molar-refractivity contribution in [3.05, 3.63) is 72.4 Å². The average Bonchev–Trinajstić information content (AvgIpc) is 2.64. The third kappa shape index (κ3) is 3.79. The highest BCUT2D eigenvalue weighted by atomic mass is 15.3. The molecular formula is C21H24N4. The number of benzene rings is 2. The van der Waals surface area contributed by atoms with Crippen LogP contribution in [0.1, 0.15) is 19.4 Å². The van der Waals surface area contributed by atoms with Gasteiger partial charge in [0.2, 0.25) is 5.95 Å². The summed E-state index contributed by atoms with van der Waals surface area (Å²) in [6, 6.07) is 20.7. The average molecular weight is 332 g/mol. The van der Waals surface area contributed by atoms with Gasteiger partial charge in [-0.1, -0.05) is 30.3 Å². The van der Waals surface area contributed by atoms with Crippen molar-refractivity contribution in [1.29, 1.82) is 0 Å². The molecule has 0 unspecified atom stereocenters. The Hall–Kier alpha value is -2.88. The quantitative estimate of drug-likeness (QED) is 0.628. The van der Waals surface area contributed by atoms with Crippen LogP contribution in [0.2, 0.25) is 0 Å². The van der Waals surface area contributed by atoms with Crippen molar-refractivity contribution in [1.82, 2.24) is 9.97 Å². The first kappa shape index (κ1) is 17.0. The first-order valence-electron chi connectivity index (χ1n) is 8.72. The van der Waals surface area contributed by atoms with Crippen LogP contribution < -0.4 is 9.80 Å². The largest absolute Gasteiger partial charge is 0.327 e. The lowest BCUT2D eigenvalue weighted by Crippen LogP contribution is -2.22. The van der Waals surface area contributed by atoms with Gasteiger partial charge in [0.1, 0.15) is 5.82 Å². The van der Waals surface area contributed by atoms with E-state index >= 15 is 0 Å². The summed E-state index contributed by atoms with van der Waals surface area (Å²) in [5.74, 6) is 1.63. The van der Waals surface area contributed by atoms with Crippen LogP contribution in [-0.2, 0) is 0 Å². The lowest BCUT2D eigenvalue weighted by atomic mass is 10.2. The number of aryl methyl sites for hydroxylation is 1. The highest BCUT2D eigenvalue weighted by molar-refractivity contribution is 5.63. The van der Waals surface area contributed by atoms with Gasteiger partial charge in [-0.05, 0) is 56.7 Å². The molecular weight excluding hydrogens is 308 g/mol. The van der Waals surface area contributed by atoms with Gasteiger partial charge in [-0.2, -0.15) is 4.98 Å². The highest BCUT2D eigenvalue weighted by Gasteiger charge is 2.14. The maximum atomic E-state index is 4.84. The fourth-order valence-corrected chi connectivity index (χ4v) is 2.94. The molecule has 0 saturated heterocycles. The fraction of sp³-hybridized carbons (Fsp3) is 0.238. The van der Waals surface area contributed by atoms with Gasteiger partial charge in [0, 0.05) is 30.7 Å². The van der Waals surface area contributed by atoms with Crippen LogP contribution in [0, 0.1) is 6.92 Å². The summed E-state index contributed by atoms with van der Waals surface area (Å²) in [4.78, 5) is 13.7. The summed E-state index contributed by atoms with van der Waals surface area (Å²) in [5, 5.41) is 0. The normalized spacial score (nSPS) is 10.5. The zero-order valence-electron chi connectivity index (χ0n) is 15.1. The van der Waals surface area contributed by atoms with Gasteiger partial charge in [-0.25, -0.2) is 4.98 Å². The topological polar surface area (TPSA) is 32.3 Å². The van der Waals surface area contributed by atoms with Gasteiger partial charge in [0.15, 0.2) is 0 Å². The molecule has 4 heteroatoms. The van der Waals surface area contributed by atoms with Crippen LogP contribution in [0.15, 0.2) is 66.9 Å². The van der Waals surface area contributed by atoms with E-state index in [4.69, 9.17) is 4.98 Å². The third-order valence-electron chi connectivity index (χ3n) is 4.16. The van der Waals surface area contributed by atoms with E-state index in [0.29, 0.717) is 0 Å². The number of aromatic nitrogens is 2. The second-order valence-electron chi connectivity index (χ2n) is 5.88. The highest BCUT2D eigenvalue weighted by Crippen LogP contribution is 2.27. The molecule has 4 nitrogen and oxygen atoms in total. The number of hydrogen-bond donors (Lipinski definition) is 0. The van der Waals surface area contributed by atoms with Crippen molar-refractivity contribution in [2.24, 2.45) is 0 Å². The van der Waals surface area contributed by atoms with E-state index in [1.807, 2.05) is 30.5 Å². The SMILES string of the molecule is CCN(c1ccccc1)c1ccnc(N(CC)c2cccc(C)c2)n1. The van der Waals surface area contributed by atoms with E-state index in [0.717, 1.165) is 36.2 Å². The van der Waals surface area contributed by atoms with Crippen LogP contribution in [0.4, 0.5) is 23.1 Å². The molecule has 2 aromatic carbocycles. The molecule has 0 spiro atoms. The maximum Gasteiger partial charge on any atom is 0.231 e. The van der Waals surface area contributed by atoms with Crippen molar-refractivity contribution in [2.75, 3.05) is 22.9 Å². The minimum Gasteiger partial charge on any atom is -0.327 e. The molecule has 0 radical (unpaired) electrons. The molecule has 1 aromatic heterocycles. The second-order valence-corrected chi connectivity index (χ2v) is 5.88. The number of hydrogen-bond acceptors (Lipinski definition) is 4. The molecule has 128 valence electrons. The number of anilines is 4. The summed E-state index contributed by atoms with van der Waals surface area (Å²) in [6.45, 7) is 8.00. The van der Waals surface area contributed by atoms with Gasteiger partial charge in [0.05, 0.1) is 0 Å². The fourth-order valence-electron chi connectivity index (χ4n) is 2.94.